The first kappa shape index (κ1) is 24.6. The number of aromatic nitrogens is 1. The van der Waals surface area contributed by atoms with Gasteiger partial charge in [0, 0.05) is 0 Å². The normalized spacial score (nSPS) is 16.3. The van der Waals surface area contributed by atoms with Crippen LogP contribution in [0.15, 0.2) is 57.5 Å². The molecule has 3 heterocycles. The topological polar surface area (TPSA) is 97.6 Å². The Hall–Kier alpha value is -4.05. The summed E-state index contributed by atoms with van der Waals surface area (Å²) in [7, 11) is 1.56. The highest BCUT2D eigenvalue weighted by Gasteiger charge is 2.34. The van der Waals surface area contributed by atoms with Gasteiger partial charge < -0.3 is 23.7 Å². The first-order valence-corrected chi connectivity index (χ1v) is 12.7. The van der Waals surface area contributed by atoms with Crippen LogP contribution in [0.3, 0.4) is 0 Å². The second-order valence-electron chi connectivity index (χ2n) is 8.26. The van der Waals surface area contributed by atoms with Crippen LogP contribution in [0.1, 0.15) is 37.9 Å². The molecule has 10 heteroatoms. The highest BCUT2D eigenvalue weighted by atomic mass is 32.1. The zero-order valence-electron chi connectivity index (χ0n) is 20.9. The van der Waals surface area contributed by atoms with Gasteiger partial charge in [-0.15, -0.1) is 0 Å². The van der Waals surface area contributed by atoms with Gasteiger partial charge in [-0.3, -0.25) is 9.36 Å². The average Bonchev–Trinajstić information content (AvgIpc) is 3.47. The van der Waals surface area contributed by atoms with Crippen LogP contribution in [0.25, 0.3) is 6.08 Å². The summed E-state index contributed by atoms with van der Waals surface area (Å²) in [6.45, 7) is 6.16. The van der Waals surface area contributed by atoms with E-state index in [0.717, 1.165) is 5.56 Å². The van der Waals surface area contributed by atoms with Gasteiger partial charge >= 0.3 is 5.97 Å². The fourth-order valence-corrected chi connectivity index (χ4v) is 5.44. The number of hydrogen-bond acceptors (Lipinski definition) is 9. The molecule has 5 rings (SSSR count). The van der Waals surface area contributed by atoms with Crippen molar-refractivity contribution in [1.82, 2.24) is 4.57 Å². The van der Waals surface area contributed by atoms with Gasteiger partial charge in [0.25, 0.3) is 5.56 Å². The number of esters is 1. The molecule has 0 saturated carbocycles. The predicted octanol–water partition coefficient (Wildman–Crippen LogP) is 2.93. The molecule has 192 valence electrons. The number of ether oxygens (including phenoxy) is 5. The Bertz CT molecular complexity index is 1580. The Morgan fingerprint density at radius 1 is 1.14 bits per heavy atom. The average molecular weight is 523 g/mol. The summed E-state index contributed by atoms with van der Waals surface area (Å²) in [5.74, 6) is 1.84. The van der Waals surface area contributed by atoms with E-state index >= 15 is 0 Å². The molecular formula is C27H26N2O7S. The molecular weight excluding hydrogens is 496 g/mol. The number of allylic oxidation sites excluding steroid dienone is 1. The smallest absolute Gasteiger partial charge is 0.338 e. The Morgan fingerprint density at radius 3 is 2.70 bits per heavy atom. The van der Waals surface area contributed by atoms with Crippen LogP contribution < -0.4 is 33.8 Å². The van der Waals surface area contributed by atoms with Crippen molar-refractivity contribution in [3.63, 3.8) is 0 Å². The molecule has 3 aromatic rings. The fraction of sp³-hybridized carbons (Fsp3) is 0.296. The number of carbonyl (C=O) groups is 1. The number of carbonyl (C=O) groups excluding carboxylic acids is 1. The molecule has 0 amide bonds. The van der Waals surface area contributed by atoms with Gasteiger partial charge in [-0.1, -0.05) is 23.5 Å². The minimum absolute atomic E-state index is 0.169. The van der Waals surface area contributed by atoms with E-state index in [-0.39, 0.29) is 19.0 Å². The molecule has 0 spiro atoms. The number of benzene rings is 2. The second-order valence-corrected chi connectivity index (χ2v) is 9.27. The summed E-state index contributed by atoms with van der Waals surface area (Å²) in [6, 6.07) is 10.1. The van der Waals surface area contributed by atoms with E-state index in [1.54, 1.807) is 43.7 Å². The lowest BCUT2D eigenvalue weighted by molar-refractivity contribution is -0.139. The molecule has 0 bridgehead atoms. The molecule has 0 radical (unpaired) electrons. The first-order valence-electron chi connectivity index (χ1n) is 11.8. The molecule has 9 nitrogen and oxygen atoms in total. The minimum Gasteiger partial charge on any atom is -0.493 e. The van der Waals surface area contributed by atoms with Gasteiger partial charge in [0.1, 0.15) is 0 Å². The SMILES string of the molecule is CCOC(=O)C1=C(C)N=c2s/c(=C\c3ccc4c(c3)OCO4)c(=O)n2[C@H]1c1ccc(OC)c(OCC)c1. The molecule has 2 aliphatic heterocycles. The Labute approximate surface area is 216 Å². The van der Waals surface area contributed by atoms with E-state index < -0.39 is 12.0 Å². The number of thiazole rings is 1. The molecule has 37 heavy (non-hydrogen) atoms. The van der Waals surface area contributed by atoms with Crippen molar-refractivity contribution in [3.05, 3.63) is 78.5 Å². The van der Waals surface area contributed by atoms with E-state index in [1.165, 1.54) is 11.3 Å². The van der Waals surface area contributed by atoms with Crippen molar-refractivity contribution >= 4 is 23.4 Å². The zero-order chi connectivity index (χ0) is 26.1. The zero-order valence-corrected chi connectivity index (χ0v) is 21.7. The lowest BCUT2D eigenvalue weighted by atomic mass is 9.95. The minimum atomic E-state index is -0.751. The summed E-state index contributed by atoms with van der Waals surface area (Å²) in [6.07, 6.45) is 1.78. The number of rotatable bonds is 7. The van der Waals surface area contributed by atoms with Gasteiger partial charge in [0.15, 0.2) is 27.8 Å². The van der Waals surface area contributed by atoms with Gasteiger partial charge in [0.2, 0.25) is 6.79 Å². The van der Waals surface area contributed by atoms with Gasteiger partial charge in [-0.25, -0.2) is 9.79 Å². The predicted molar refractivity (Wildman–Crippen MR) is 137 cm³/mol. The van der Waals surface area contributed by atoms with Crippen LogP contribution in [0.4, 0.5) is 0 Å². The van der Waals surface area contributed by atoms with Gasteiger partial charge in [-0.05, 0) is 62.2 Å². The van der Waals surface area contributed by atoms with Crippen molar-refractivity contribution in [2.45, 2.75) is 26.8 Å². The van der Waals surface area contributed by atoms with E-state index in [4.69, 9.17) is 23.7 Å². The third kappa shape index (κ3) is 4.48. The quantitative estimate of drug-likeness (QED) is 0.440. The van der Waals surface area contributed by atoms with E-state index in [2.05, 4.69) is 4.99 Å². The van der Waals surface area contributed by atoms with Crippen LogP contribution in [0.5, 0.6) is 23.0 Å². The summed E-state index contributed by atoms with van der Waals surface area (Å²) in [4.78, 5) is 32.0. The molecule has 0 unspecified atom stereocenters. The van der Waals surface area contributed by atoms with Crippen LogP contribution in [0.2, 0.25) is 0 Å². The fourth-order valence-electron chi connectivity index (χ4n) is 4.39. The first-order chi connectivity index (χ1) is 17.9. The standard InChI is InChI=1S/C27H26N2O7S/c1-5-33-21-13-17(8-10-18(21)32-4)24-23(26(31)34-6-2)15(3)28-27-29(24)25(30)22(37-27)12-16-7-9-19-20(11-16)36-14-35-19/h7-13,24H,5-6,14H2,1-4H3/b22-12-/t24-/m0/s1. The number of nitrogens with zero attached hydrogens (tertiary/aromatic N) is 2. The van der Waals surface area contributed by atoms with Gasteiger partial charge in [-0.2, -0.15) is 0 Å². The molecule has 0 saturated heterocycles. The molecule has 2 aromatic carbocycles. The van der Waals surface area contributed by atoms with Crippen LogP contribution in [-0.4, -0.2) is 37.7 Å². The van der Waals surface area contributed by atoms with E-state index in [9.17, 15) is 9.59 Å². The lowest BCUT2D eigenvalue weighted by Crippen LogP contribution is -2.40. The molecule has 0 aliphatic carbocycles. The maximum Gasteiger partial charge on any atom is 0.338 e. The summed E-state index contributed by atoms with van der Waals surface area (Å²) < 4.78 is 29.4. The van der Waals surface area contributed by atoms with Crippen LogP contribution in [0, 0.1) is 0 Å². The van der Waals surface area contributed by atoms with E-state index in [0.29, 0.717) is 55.8 Å². The third-order valence-electron chi connectivity index (χ3n) is 6.01. The third-order valence-corrected chi connectivity index (χ3v) is 7.00. The summed E-state index contributed by atoms with van der Waals surface area (Å²) >= 11 is 1.26. The Balaban J connectivity index is 1.70. The maximum absolute atomic E-state index is 13.8. The largest absolute Gasteiger partial charge is 0.493 e. The molecule has 0 fully saturated rings. The van der Waals surface area contributed by atoms with Crippen molar-refractivity contribution in [3.8, 4) is 23.0 Å². The molecule has 0 N–H and O–H groups in total. The molecule has 1 aromatic heterocycles. The monoisotopic (exact) mass is 522 g/mol. The van der Waals surface area contributed by atoms with Crippen molar-refractivity contribution in [2.75, 3.05) is 27.1 Å². The molecule has 1 atom stereocenters. The summed E-state index contributed by atoms with van der Waals surface area (Å²) in [5.41, 5.74) is 1.99. The van der Waals surface area contributed by atoms with Crippen LogP contribution >= 0.6 is 11.3 Å². The summed E-state index contributed by atoms with van der Waals surface area (Å²) in [5, 5.41) is 0. The highest BCUT2D eigenvalue weighted by Crippen LogP contribution is 2.36. The highest BCUT2D eigenvalue weighted by molar-refractivity contribution is 7.07. The van der Waals surface area contributed by atoms with Crippen LogP contribution in [-0.2, 0) is 9.53 Å². The van der Waals surface area contributed by atoms with Gasteiger partial charge in [0.05, 0.1) is 42.2 Å². The van der Waals surface area contributed by atoms with Crippen molar-refractivity contribution < 1.29 is 28.5 Å². The number of fused-ring (bicyclic) bond motifs is 2. The maximum atomic E-state index is 13.8. The van der Waals surface area contributed by atoms with Crippen molar-refractivity contribution in [2.24, 2.45) is 4.99 Å². The van der Waals surface area contributed by atoms with Crippen molar-refractivity contribution in [1.29, 1.82) is 0 Å². The van der Waals surface area contributed by atoms with E-state index in [1.807, 2.05) is 31.2 Å². The molecule has 2 aliphatic rings. The Morgan fingerprint density at radius 2 is 1.95 bits per heavy atom. The Kier molecular flexibility index (Phi) is 6.75. The number of hydrogen-bond donors (Lipinski definition) is 0. The number of methoxy groups -OCH3 is 1. The second kappa shape index (κ2) is 10.1. The lowest BCUT2D eigenvalue weighted by Gasteiger charge is -2.25.